The second-order valence-corrected chi connectivity index (χ2v) is 15.6. The van der Waals surface area contributed by atoms with Gasteiger partial charge >= 0.3 is 0 Å². The van der Waals surface area contributed by atoms with Gasteiger partial charge in [0.2, 0.25) is 5.69 Å². The molecular weight excluding hydrogens is 599 g/mol. The van der Waals surface area contributed by atoms with E-state index in [2.05, 4.69) is 85.1 Å². The first-order chi connectivity index (χ1) is 20.7. The summed E-state index contributed by atoms with van der Waals surface area (Å²) in [6.45, 7) is 12.3. The highest BCUT2D eigenvalue weighted by Gasteiger charge is 2.44. The predicted molar refractivity (Wildman–Crippen MR) is 175 cm³/mol. The van der Waals surface area contributed by atoms with Gasteiger partial charge in [-0.25, -0.2) is 8.42 Å². The molecule has 0 spiro atoms. The number of rotatable bonds is 15. The Kier molecular flexibility index (Phi) is 10.6. The van der Waals surface area contributed by atoms with E-state index in [9.17, 15) is 21.4 Å². The number of allylic oxidation sites excluding steroid dienone is 4. The van der Waals surface area contributed by atoms with Crippen LogP contribution in [0.15, 0.2) is 72.5 Å². The van der Waals surface area contributed by atoms with E-state index in [4.69, 9.17) is 4.28 Å². The Morgan fingerprint density at radius 1 is 0.886 bits per heavy atom. The van der Waals surface area contributed by atoms with Crippen molar-refractivity contribution in [2.45, 2.75) is 71.1 Å². The molecule has 0 amide bonds. The van der Waals surface area contributed by atoms with E-state index in [1.165, 1.54) is 11.1 Å². The van der Waals surface area contributed by atoms with E-state index >= 15 is 0 Å². The Morgan fingerprint density at radius 3 is 2.25 bits per heavy atom. The highest BCUT2D eigenvalue weighted by atomic mass is 32.2. The maximum Gasteiger partial charge on any atom is 0.283 e. The first kappa shape index (κ1) is 34.1. The Labute approximate surface area is 263 Å². The van der Waals surface area contributed by atoms with Gasteiger partial charge in [-0.1, -0.05) is 63.2 Å². The molecule has 11 heteroatoms. The van der Waals surface area contributed by atoms with Gasteiger partial charge in [0.05, 0.1) is 21.3 Å². The summed E-state index contributed by atoms with van der Waals surface area (Å²) in [5.74, 6) is -0.411. The van der Waals surface area contributed by atoms with Crippen LogP contribution in [0.5, 0.6) is 0 Å². The summed E-state index contributed by atoms with van der Waals surface area (Å²) in [7, 11) is -7.86. The highest BCUT2D eigenvalue weighted by Crippen LogP contribution is 2.47. The molecule has 0 fully saturated rings. The van der Waals surface area contributed by atoms with Gasteiger partial charge in [0, 0.05) is 59.8 Å². The summed E-state index contributed by atoms with van der Waals surface area (Å²) in [6.07, 6.45) is 8.42. The molecule has 240 valence electrons. The van der Waals surface area contributed by atoms with Crippen LogP contribution in [0.2, 0.25) is 0 Å². The van der Waals surface area contributed by atoms with Gasteiger partial charge in [0.25, 0.3) is 10.1 Å². The van der Waals surface area contributed by atoms with Crippen LogP contribution < -0.4 is 10.4 Å². The third-order valence-electron chi connectivity index (χ3n) is 8.49. The van der Waals surface area contributed by atoms with Crippen molar-refractivity contribution in [1.29, 1.82) is 0 Å². The smallest absolute Gasteiger partial charge is 0.283 e. The minimum atomic E-state index is -4.24. The standard InChI is InChI=1S/C33H45N3O6S2/c1-6-34-42-44(40,41)25-14-12-23-36-29-19-10-8-17-27(29)33(4,5)31(36)21-15-20-30-32(2,3)26-16-7-9-18-28(26)35(30)22-11-13-24-43(37,38)39/h7-10,15-21,34H,6,11-14,22-25H2,1-5H3. The van der Waals surface area contributed by atoms with Crippen molar-refractivity contribution in [2.75, 3.05) is 36.0 Å². The van der Waals surface area contributed by atoms with Crippen molar-refractivity contribution in [1.82, 2.24) is 5.48 Å². The molecule has 0 saturated carbocycles. The Balaban J connectivity index is 1.61. The van der Waals surface area contributed by atoms with Gasteiger partial charge in [0.1, 0.15) is 6.54 Å². The molecule has 0 saturated heterocycles. The van der Waals surface area contributed by atoms with E-state index in [1.807, 2.05) is 24.3 Å². The van der Waals surface area contributed by atoms with E-state index in [-0.39, 0.29) is 22.3 Å². The van der Waals surface area contributed by atoms with Crippen molar-refractivity contribution in [3.8, 4) is 0 Å². The largest absolute Gasteiger partial charge is 0.748 e. The normalized spacial score (nSPS) is 18.4. The Hall–Kier alpha value is -2.83. The average Bonchev–Trinajstić information content (AvgIpc) is 3.31. The quantitative estimate of drug-likeness (QED) is 0.121. The topological polar surface area (TPSA) is 119 Å². The van der Waals surface area contributed by atoms with Crippen LogP contribution in [0.1, 0.15) is 71.4 Å². The third kappa shape index (κ3) is 7.69. The van der Waals surface area contributed by atoms with Crippen molar-refractivity contribution in [3.05, 3.63) is 83.6 Å². The molecule has 0 atom stereocenters. The van der Waals surface area contributed by atoms with Crippen LogP contribution in [0.3, 0.4) is 0 Å². The molecule has 2 aliphatic rings. The second kappa shape index (κ2) is 13.7. The third-order valence-corrected chi connectivity index (χ3v) is 10.4. The molecule has 1 N–H and O–H groups in total. The summed E-state index contributed by atoms with van der Waals surface area (Å²) in [4.78, 5) is 2.24. The molecule has 0 aliphatic carbocycles. The zero-order valence-electron chi connectivity index (χ0n) is 26.4. The van der Waals surface area contributed by atoms with E-state index in [1.54, 1.807) is 6.92 Å². The minimum Gasteiger partial charge on any atom is -0.748 e. The van der Waals surface area contributed by atoms with Crippen molar-refractivity contribution in [2.24, 2.45) is 0 Å². The summed E-state index contributed by atoms with van der Waals surface area (Å²) in [5.41, 5.74) is 8.76. The molecule has 2 aromatic carbocycles. The van der Waals surface area contributed by atoms with Gasteiger partial charge in [-0.3, -0.25) is 0 Å². The summed E-state index contributed by atoms with van der Waals surface area (Å²) in [5, 5.41) is 0. The van der Waals surface area contributed by atoms with Crippen LogP contribution in [0.4, 0.5) is 11.4 Å². The first-order valence-corrected chi connectivity index (χ1v) is 18.4. The van der Waals surface area contributed by atoms with Crippen molar-refractivity contribution < 1.29 is 30.2 Å². The zero-order chi connectivity index (χ0) is 32.2. The number of hydrogen-bond donors (Lipinski definition) is 1. The lowest BCUT2D eigenvalue weighted by atomic mass is 9.81. The molecule has 4 rings (SSSR count). The lowest BCUT2D eigenvalue weighted by Gasteiger charge is -2.27. The van der Waals surface area contributed by atoms with E-state index in [0.717, 1.165) is 22.8 Å². The van der Waals surface area contributed by atoms with Crippen LogP contribution >= 0.6 is 0 Å². The minimum absolute atomic E-state index is 0.0532. The van der Waals surface area contributed by atoms with Crippen molar-refractivity contribution in [3.63, 3.8) is 0 Å². The first-order valence-electron chi connectivity index (χ1n) is 15.3. The fourth-order valence-electron chi connectivity index (χ4n) is 6.28. The van der Waals surface area contributed by atoms with Gasteiger partial charge in [-0.05, 0) is 50.8 Å². The number of anilines is 1. The molecule has 2 aromatic rings. The number of para-hydroxylation sites is 2. The molecule has 44 heavy (non-hydrogen) atoms. The van der Waals surface area contributed by atoms with Crippen LogP contribution in [0.25, 0.3) is 0 Å². The maximum absolute atomic E-state index is 12.1. The van der Waals surface area contributed by atoms with Gasteiger partial charge in [-0.2, -0.15) is 22.8 Å². The number of hydroxylamine groups is 1. The second-order valence-electron chi connectivity index (χ2n) is 12.4. The zero-order valence-corrected chi connectivity index (χ0v) is 28.0. The van der Waals surface area contributed by atoms with Crippen LogP contribution in [-0.4, -0.2) is 62.8 Å². The maximum atomic E-state index is 12.1. The Morgan fingerprint density at radius 2 is 1.55 bits per heavy atom. The molecule has 0 radical (unpaired) electrons. The number of nitrogens with one attached hydrogen (secondary N) is 1. The summed E-state index contributed by atoms with van der Waals surface area (Å²) in [6, 6.07) is 16.6. The lowest BCUT2D eigenvalue weighted by Crippen LogP contribution is -2.28. The fourth-order valence-corrected chi connectivity index (χ4v) is 7.78. The van der Waals surface area contributed by atoms with Crippen LogP contribution in [-0.2, 0) is 35.4 Å². The number of unbranched alkanes of at least 4 members (excludes halogenated alkanes) is 2. The number of benzene rings is 2. The molecule has 0 unspecified atom stereocenters. The summed E-state index contributed by atoms with van der Waals surface area (Å²) >= 11 is 0. The molecule has 0 bridgehead atoms. The number of fused-ring (bicyclic) bond motifs is 2. The van der Waals surface area contributed by atoms with Crippen molar-refractivity contribution >= 4 is 37.3 Å². The average molecular weight is 644 g/mol. The monoisotopic (exact) mass is 643 g/mol. The summed E-state index contributed by atoms with van der Waals surface area (Å²) < 4.78 is 64.8. The van der Waals surface area contributed by atoms with Gasteiger partial charge < -0.3 is 9.45 Å². The Bertz CT molecular complexity index is 1660. The van der Waals surface area contributed by atoms with Gasteiger partial charge in [0.15, 0.2) is 5.71 Å². The van der Waals surface area contributed by atoms with E-state index < -0.39 is 20.2 Å². The molecule has 2 aliphatic heterocycles. The molecule has 2 heterocycles. The molecular formula is C33H45N3O6S2. The SMILES string of the molecule is CCNOS(=O)(=O)CCCC[N+]1=C(C=CC=C2N(CCCCS(=O)(=O)[O-])c3ccccc3C2(C)C)C(C)(C)c2ccccc21. The van der Waals surface area contributed by atoms with Crippen LogP contribution in [0, 0.1) is 0 Å². The predicted octanol–water partition coefficient (Wildman–Crippen LogP) is 5.28. The number of nitrogens with zero attached hydrogens (tertiary/aromatic N) is 2. The van der Waals surface area contributed by atoms with Gasteiger partial charge in [-0.15, -0.1) is 0 Å². The lowest BCUT2D eigenvalue weighted by molar-refractivity contribution is -0.438. The highest BCUT2D eigenvalue weighted by molar-refractivity contribution is 7.86. The number of hydrogen-bond acceptors (Lipinski definition) is 8. The molecule has 9 nitrogen and oxygen atoms in total. The molecule has 0 aromatic heterocycles. The van der Waals surface area contributed by atoms with E-state index in [0.29, 0.717) is 45.3 Å². The fraction of sp³-hybridized carbons (Fsp3) is 0.485.